The van der Waals surface area contributed by atoms with Gasteiger partial charge in [-0.05, 0) is 12.1 Å². The van der Waals surface area contributed by atoms with Gasteiger partial charge in [0.1, 0.15) is 5.75 Å². The van der Waals surface area contributed by atoms with Gasteiger partial charge in [-0.15, -0.1) is 0 Å². The molecular formula is C8H8O4. The van der Waals surface area contributed by atoms with E-state index in [1.54, 1.807) is 30.3 Å². The molecule has 0 unspecified atom stereocenters. The van der Waals surface area contributed by atoms with Crippen LogP contribution in [0.4, 0.5) is 0 Å². The van der Waals surface area contributed by atoms with E-state index in [4.69, 9.17) is 15.3 Å². The van der Waals surface area contributed by atoms with Crippen LogP contribution < -0.4 is 4.74 Å². The molecule has 1 aromatic carbocycles. The Kier molecular flexibility index (Phi) is 2.42. The maximum atomic E-state index is 8.74. The minimum atomic E-state index is -1.24. The second-order valence-electron chi connectivity index (χ2n) is 2.04. The van der Waals surface area contributed by atoms with Gasteiger partial charge in [0.2, 0.25) is 0 Å². The van der Waals surface area contributed by atoms with Gasteiger partial charge in [0.25, 0.3) is 0 Å². The van der Waals surface area contributed by atoms with E-state index >= 15 is 0 Å². The van der Waals surface area contributed by atoms with E-state index in [-0.39, 0.29) is 0 Å². The van der Waals surface area contributed by atoms with Crippen LogP contribution in [0.2, 0.25) is 0 Å². The predicted molar refractivity (Wildman–Crippen MR) is 42.0 cm³/mol. The summed E-state index contributed by atoms with van der Waals surface area (Å²) >= 11 is 0. The lowest BCUT2D eigenvalue weighted by Crippen LogP contribution is -1.98. The molecule has 0 aliphatic rings. The molecule has 4 heteroatoms. The Bertz CT molecular complexity index is 274. The number of hydrogen-bond donors (Lipinski definition) is 3. The number of ether oxygens (including phenoxy) is 1. The third-order valence-electron chi connectivity index (χ3n) is 1.15. The van der Waals surface area contributed by atoms with Crippen molar-refractivity contribution in [3.8, 4) is 5.75 Å². The van der Waals surface area contributed by atoms with Crippen LogP contribution in [-0.4, -0.2) is 15.3 Å². The van der Waals surface area contributed by atoms with Gasteiger partial charge in [0.15, 0.2) is 0 Å². The van der Waals surface area contributed by atoms with E-state index in [1.165, 1.54) is 0 Å². The van der Waals surface area contributed by atoms with Crippen molar-refractivity contribution in [3.63, 3.8) is 0 Å². The van der Waals surface area contributed by atoms with Crippen LogP contribution in [0.3, 0.4) is 0 Å². The molecule has 0 spiro atoms. The summed E-state index contributed by atoms with van der Waals surface area (Å²) in [6.07, 6.45) is 0. The maximum Gasteiger partial charge on any atom is 0.366 e. The standard InChI is InChI=1S/C8H8O4/c9-7(10)8(11)12-6-4-2-1-3-5-6/h1-5,9-11H. The first-order valence-corrected chi connectivity index (χ1v) is 3.24. The second-order valence-corrected chi connectivity index (χ2v) is 2.04. The lowest BCUT2D eigenvalue weighted by Gasteiger charge is -2.01. The summed E-state index contributed by atoms with van der Waals surface area (Å²) in [5.41, 5.74) is 0. The van der Waals surface area contributed by atoms with E-state index < -0.39 is 11.9 Å². The molecule has 0 aromatic heterocycles. The highest BCUT2D eigenvalue weighted by molar-refractivity contribution is 5.22. The van der Waals surface area contributed by atoms with Crippen LogP contribution in [-0.2, 0) is 0 Å². The maximum absolute atomic E-state index is 8.74. The summed E-state index contributed by atoms with van der Waals surface area (Å²) < 4.78 is 4.61. The summed E-state index contributed by atoms with van der Waals surface area (Å²) in [4.78, 5) is 0. The fourth-order valence-corrected chi connectivity index (χ4v) is 0.646. The topological polar surface area (TPSA) is 69.9 Å². The van der Waals surface area contributed by atoms with Crippen LogP contribution >= 0.6 is 0 Å². The zero-order valence-corrected chi connectivity index (χ0v) is 6.14. The fraction of sp³-hybridized carbons (Fsp3) is 0. The van der Waals surface area contributed by atoms with E-state index in [0.717, 1.165) is 0 Å². The van der Waals surface area contributed by atoms with Gasteiger partial charge >= 0.3 is 11.9 Å². The average Bonchev–Trinajstić information content (AvgIpc) is 2.06. The highest BCUT2D eigenvalue weighted by atomic mass is 16.6. The van der Waals surface area contributed by atoms with Crippen molar-refractivity contribution in [2.45, 2.75) is 0 Å². The summed E-state index contributed by atoms with van der Waals surface area (Å²) in [5, 5.41) is 25.4. The molecule has 3 N–H and O–H groups in total. The van der Waals surface area contributed by atoms with Crippen molar-refractivity contribution in [3.05, 3.63) is 42.2 Å². The smallest absolute Gasteiger partial charge is 0.366 e. The van der Waals surface area contributed by atoms with Crippen molar-refractivity contribution >= 4 is 0 Å². The largest absolute Gasteiger partial charge is 0.476 e. The first kappa shape index (κ1) is 8.26. The quantitative estimate of drug-likeness (QED) is 0.589. The molecule has 0 bridgehead atoms. The number of para-hydroxylation sites is 1. The second kappa shape index (κ2) is 3.52. The zero-order valence-electron chi connectivity index (χ0n) is 6.14. The van der Waals surface area contributed by atoms with Gasteiger partial charge in [0.05, 0.1) is 0 Å². The van der Waals surface area contributed by atoms with Crippen LogP contribution in [0.25, 0.3) is 0 Å². The van der Waals surface area contributed by atoms with E-state index in [0.29, 0.717) is 5.75 Å². The summed E-state index contributed by atoms with van der Waals surface area (Å²) in [6, 6.07) is 8.29. The molecule has 0 aliphatic carbocycles. The molecule has 0 amide bonds. The predicted octanol–water partition coefficient (Wildman–Crippen LogP) is 1.87. The van der Waals surface area contributed by atoms with Gasteiger partial charge in [-0.25, -0.2) is 0 Å². The highest BCUT2D eigenvalue weighted by Crippen LogP contribution is 2.11. The third kappa shape index (κ3) is 2.09. The Morgan fingerprint density at radius 1 is 1.00 bits per heavy atom. The fourth-order valence-electron chi connectivity index (χ4n) is 0.646. The molecule has 0 atom stereocenters. The molecule has 0 saturated carbocycles. The van der Waals surface area contributed by atoms with Crippen LogP contribution in [0.15, 0.2) is 42.2 Å². The summed E-state index contributed by atoms with van der Waals surface area (Å²) in [7, 11) is 0. The van der Waals surface area contributed by atoms with Crippen LogP contribution in [0.5, 0.6) is 5.75 Å². The number of aliphatic hydroxyl groups is 3. The number of benzene rings is 1. The van der Waals surface area contributed by atoms with Gasteiger partial charge in [-0.3, -0.25) is 0 Å². The van der Waals surface area contributed by atoms with E-state index in [9.17, 15) is 0 Å². The van der Waals surface area contributed by atoms with Crippen molar-refractivity contribution in [2.75, 3.05) is 0 Å². The Hall–Kier alpha value is -1.84. The zero-order chi connectivity index (χ0) is 8.97. The third-order valence-corrected chi connectivity index (χ3v) is 1.15. The lowest BCUT2D eigenvalue weighted by molar-refractivity contribution is 0.0985. The molecule has 1 aromatic rings. The Labute approximate surface area is 69.0 Å². The molecular weight excluding hydrogens is 160 g/mol. The molecule has 0 radical (unpaired) electrons. The van der Waals surface area contributed by atoms with Gasteiger partial charge in [-0.2, -0.15) is 0 Å². The van der Waals surface area contributed by atoms with Crippen molar-refractivity contribution < 1.29 is 20.1 Å². The van der Waals surface area contributed by atoms with Crippen molar-refractivity contribution in [1.82, 2.24) is 0 Å². The van der Waals surface area contributed by atoms with E-state index in [1.807, 2.05) is 0 Å². The monoisotopic (exact) mass is 168 g/mol. The number of rotatable bonds is 2. The summed E-state index contributed by atoms with van der Waals surface area (Å²) in [6.45, 7) is 0. The lowest BCUT2D eigenvalue weighted by atomic mass is 10.3. The SMILES string of the molecule is OC(O)=C(O)Oc1ccccc1. The molecule has 0 aliphatic heterocycles. The molecule has 12 heavy (non-hydrogen) atoms. The molecule has 0 fully saturated rings. The Balaban J connectivity index is 2.72. The molecule has 64 valence electrons. The minimum absolute atomic E-state index is 0.329. The first-order chi connectivity index (χ1) is 5.70. The van der Waals surface area contributed by atoms with Crippen LogP contribution in [0, 0.1) is 0 Å². The van der Waals surface area contributed by atoms with Gasteiger partial charge in [-0.1, -0.05) is 18.2 Å². The molecule has 0 heterocycles. The highest BCUT2D eigenvalue weighted by Gasteiger charge is 2.03. The van der Waals surface area contributed by atoms with Crippen molar-refractivity contribution in [1.29, 1.82) is 0 Å². The molecule has 0 saturated heterocycles. The van der Waals surface area contributed by atoms with Crippen molar-refractivity contribution in [2.24, 2.45) is 0 Å². The van der Waals surface area contributed by atoms with Crippen LogP contribution in [0.1, 0.15) is 0 Å². The Morgan fingerprint density at radius 3 is 2.08 bits per heavy atom. The number of aliphatic hydroxyl groups excluding tert-OH is 2. The minimum Gasteiger partial charge on any atom is -0.476 e. The molecule has 1 rings (SSSR count). The first-order valence-electron chi connectivity index (χ1n) is 3.24. The van der Waals surface area contributed by atoms with Gasteiger partial charge < -0.3 is 20.1 Å². The molecule has 4 nitrogen and oxygen atoms in total. The van der Waals surface area contributed by atoms with Gasteiger partial charge in [0, 0.05) is 0 Å². The van der Waals surface area contributed by atoms with E-state index in [2.05, 4.69) is 4.74 Å². The number of hydrogen-bond acceptors (Lipinski definition) is 4. The normalized spacial score (nSPS) is 9.00. The Morgan fingerprint density at radius 2 is 1.58 bits per heavy atom. The average molecular weight is 168 g/mol. The summed E-state index contributed by atoms with van der Waals surface area (Å²) in [5.74, 6) is -1.82.